The summed E-state index contributed by atoms with van der Waals surface area (Å²) in [4.78, 5) is 7.99. The maximum absolute atomic E-state index is 5.70. The quantitative estimate of drug-likeness (QED) is 0.858. The van der Waals surface area contributed by atoms with Crippen LogP contribution >= 0.6 is 11.6 Å². The van der Waals surface area contributed by atoms with Gasteiger partial charge in [-0.25, -0.2) is 4.98 Å². The van der Waals surface area contributed by atoms with Crippen molar-refractivity contribution < 1.29 is 4.52 Å². The van der Waals surface area contributed by atoms with Crippen LogP contribution in [-0.4, -0.2) is 21.7 Å². The Morgan fingerprint density at radius 1 is 1.33 bits per heavy atom. The van der Waals surface area contributed by atoms with Crippen LogP contribution in [-0.2, 0) is 6.42 Å². The molecule has 2 rings (SSSR count). The highest BCUT2D eigenvalue weighted by Gasteiger charge is 1.98. The van der Waals surface area contributed by atoms with E-state index in [2.05, 4.69) is 20.4 Å². The van der Waals surface area contributed by atoms with Crippen LogP contribution in [0, 0.1) is 0 Å². The molecule has 2 aromatic heterocycles. The van der Waals surface area contributed by atoms with Gasteiger partial charge in [-0.1, -0.05) is 16.8 Å². The smallest absolute Gasteiger partial charge is 0.228 e. The number of hydrogen-bond acceptors (Lipinski definition) is 5. The summed E-state index contributed by atoms with van der Waals surface area (Å²) < 4.78 is 4.85. The van der Waals surface area contributed by atoms with Gasteiger partial charge in [-0.2, -0.15) is 4.98 Å². The van der Waals surface area contributed by atoms with Crippen molar-refractivity contribution in [3.63, 3.8) is 0 Å². The predicted molar refractivity (Wildman–Crippen MR) is 55.7 cm³/mol. The van der Waals surface area contributed by atoms with Crippen molar-refractivity contribution in [2.45, 2.75) is 6.42 Å². The van der Waals surface area contributed by atoms with Gasteiger partial charge in [-0.15, -0.1) is 0 Å². The molecule has 0 aliphatic rings. The zero-order chi connectivity index (χ0) is 10.5. The van der Waals surface area contributed by atoms with Crippen molar-refractivity contribution in [2.24, 2.45) is 0 Å². The maximum Gasteiger partial charge on any atom is 0.228 e. The van der Waals surface area contributed by atoms with Gasteiger partial charge in [0.2, 0.25) is 5.89 Å². The Labute approximate surface area is 91.5 Å². The molecule has 0 aliphatic carbocycles. The molecule has 78 valence electrons. The van der Waals surface area contributed by atoms with Gasteiger partial charge in [-0.3, -0.25) is 0 Å². The molecular weight excluding hydrogens is 216 g/mol. The van der Waals surface area contributed by atoms with Gasteiger partial charge in [-0.05, 0) is 12.1 Å². The molecule has 1 N–H and O–H groups in total. The fraction of sp³-hybridized carbons (Fsp3) is 0.222. The minimum atomic E-state index is 0.608. The summed E-state index contributed by atoms with van der Waals surface area (Å²) in [7, 11) is 0. The average molecular weight is 225 g/mol. The zero-order valence-corrected chi connectivity index (χ0v) is 8.61. The van der Waals surface area contributed by atoms with E-state index in [1.54, 1.807) is 12.3 Å². The van der Waals surface area contributed by atoms with E-state index in [-0.39, 0.29) is 0 Å². The zero-order valence-electron chi connectivity index (χ0n) is 7.85. The molecule has 2 aromatic rings. The van der Waals surface area contributed by atoms with Crippen LogP contribution in [0.5, 0.6) is 0 Å². The summed E-state index contributed by atoms with van der Waals surface area (Å²) >= 11 is 5.70. The summed E-state index contributed by atoms with van der Waals surface area (Å²) in [6.45, 7) is 0.691. The highest BCUT2D eigenvalue weighted by molar-refractivity contribution is 6.30. The predicted octanol–water partition coefficient (Wildman–Crippen LogP) is 1.77. The number of halogens is 1. The molecule has 0 unspecified atom stereocenters. The molecule has 0 saturated carbocycles. The summed E-state index contributed by atoms with van der Waals surface area (Å²) in [5, 5.41) is 7.25. The van der Waals surface area contributed by atoms with E-state index >= 15 is 0 Å². The number of nitrogens with one attached hydrogen (secondary N) is 1. The van der Waals surface area contributed by atoms with Gasteiger partial charge >= 0.3 is 0 Å². The van der Waals surface area contributed by atoms with Gasteiger partial charge in [0.15, 0.2) is 6.33 Å². The van der Waals surface area contributed by atoms with Crippen molar-refractivity contribution in [2.75, 3.05) is 11.9 Å². The lowest BCUT2D eigenvalue weighted by atomic mass is 10.4. The summed E-state index contributed by atoms with van der Waals surface area (Å²) in [6, 6.07) is 3.60. The SMILES string of the molecule is Clc1ccc(NCCc2ncno2)nc1. The number of pyridine rings is 1. The summed E-state index contributed by atoms with van der Waals surface area (Å²) in [5.41, 5.74) is 0. The van der Waals surface area contributed by atoms with Gasteiger partial charge in [0.1, 0.15) is 5.82 Å². The number of aromatic nitrogens is 3. The summed E-state index contributed by atoms with van der Waals surface area (Å²) in [5.74, 6) is 1.38. The molecule has 0 fully saturated rings. The van der Waals surface area contributed by atoms with Gasteiger partial charge in [0, 0.05) is 19.2 Å². The molecule has 0 aromatic carbocycles. The van der Waals surface area contributed by atoms with E-state index in [1.807, 2.05) is 6.07 Å². The molecule has 0 amide bonds. The van der Waals surface area contributed by atoms with Crippen LogP contribution in [0.4, 0.5) is 5.82 Å². The van der Waals surface area contributed by atoms with Crippen LogP contribution in [0.1, 0.15) is 5.89 Å². The van der Waals surface area contributed by atoms with Crippen LogP contribution in [0.25, 0.3) is 0 Å². The van der Waals surface area contributed by atoms with Crippen molar-refractivity contribution >= 4 is 17.4 Å². The molecule has 0 saturated heterocycles. The Morgan fingerprint density at radius 2 is 2.27 bits per heavy atom. The normalized spacial score (nSPS) is 10.2. The van der Waals surface area contributed by atoms with E-state index in [0.29, 0.717) is 23.9 Å². The Balaban J connectivity index is 1.81. The molecule has 0 spiro atoms. The third-order valence-corrected chi connectivity index (χ3v) is 2.00. The first-order valence-electron chi connectivity index (χ1n) is 4.45. The molecule has 0 atom stereocenters. The third-order valence-electron chi connectivity index (χ3n) is 1.78. The first kappa shape index (κ1) is 9.92. The molecule has 5 nitrogen and oxygen atoms in total. The monoisotopic (exact) mass is 224 g/mol. The second-order valence-corrected chi connectivity index (χ2v) is 3.31. The number of rotatable bonds is 4. The highest BCUT2D eigenvalue weighted by atomic mass is 35.5. The summed E-state index contributed by atoms with van der Waals surface area (Å²) in [6.07, 6.45) is 3.65. The minimum absolute atomic E-state index is 0.608. The fourth-order valence-corrected chi connectivity index (χ4v) is 1.20. The molecule has 6 heteroatoms. The van der Waals surface area contributed by atoms with Crippen molar-refractivity contribution in [1.29, 1.82) is 0 Å². The maximum atomic E-state index is 5.70. The van der Waals surface area contributed by atoms with Gasteiger partial charge in [0.05, 0.1) is 5.02 Å². The third kappa shape index (κ3) is 2.92. The largest absolute Gasteiger partial charge is 0.370 e. The van der Waals surface area contributed by atoms with E-state index in [4.69, 9.17) is 16.1 Å². The second-order valence-electron chi connectivity index (χ2n) is 2.87. The Kier molecular flexibility index (Phi) is 3.14. The first-order chi connectivity index (χ1) is 7.34. The van der Waals surface area contributed by atoms with Crippen molar-refractivity contribution in [3.8, 4) is 0 Å². The Morgan fingerprint density at radius 3 is 2.93 bits per heavy atom. The molecule has 2 heterocycles. The molecule has 0 aliphatic heterocycles. The van der Waals surface area contributed by atoms with Crippen LogP contribution in [0.3, 0.4) is 0 Å². The molecular formula is C9H9ClN4O. The Bertz CT molecular complexity index is 401. The molecule has 15 heavy (non-hydrogen) atoms. The topological polar surface area (TPSA) is 63.8 Å². The van der Waals surface area contributed by atoms with Crippen LogP contribution < -0.4 is 5.32 Å². The fourth-order valence-electron chi connectivity index (χ4n) is 1.08. The number of anilines is 1. The highest BCUT2D eigenvalue weighted by Crippen LogP contribution is 2.09. The van der Waals surface area contributed by atoms with Gasteiger partial charge in [0.25, 0.3) is 0 Å². The molecule has 0 radical (unpaired) electrons. The lowest BCUT2D eigenvalue weighted by molar-refractivity contribution is 0.379. The average Bonchev–Trinajstić information content (AvgIpc) is 2.74. The van der Waals surface area contributed by atoms with E-state index in [1.165, 1.54) is 6.33 Å². The van der Waals surface area contributed by atoms with Crippen molar-refractivity contribution in [3.05, 3.63) is 35.6 Å². The second kappa shape index (κ2) is 4.75. The van der Waals surface area contributed by atoms with E-state index in [9.17, 15) is 0 Å². The first-order valence-corrected chi connectivity index (χ1v) is 4.83. The van der Waals surface area contributed by atoms with E-state index in [0.717, 1.165) is 5.82 Å². The Hall–Kier alpha value is -1.62. The van der Waals surface area contributed by atoms with E-state index < -0.39 is 0 Å². The standard InChI is InChI=1S/C9H9ClN4O/c10-7-1-2-8(12-5-7)11-4-3-9-13-6-14-15-9/h1-2,5-6H,3-4H2,(H,11,12). The van der Waals surface area contributed by atoms with Crippen molar-refractivity contribution in [1.82, 2.24) is 15.1 Å². The van der Waals surface area contributed by atoms with Crippen LogP contribution in [0.15, 0.2) is 29.2 Å². The number of hydrogen-bond donors (Lipinski definition) is 1. The molecule has 0 bridgehead atoms. The minimum Gasteiger partial charge on any atom is -0.370 e. The lowest BCUT2D eigenvalue weighted by Gasteiger charge is -2.02. The van der Waals surface area contributed by atoms with Gasteiger partial charge < -0.3 is 9.84 Å². The lowest BCUT2D eigenvalue weighted by Crippen LogP contribution is -2.06. The number of nitrogens with zero attached hydrogens (tertiary/aromatic N) is 3. The van der Waals surface area contributed by atoms with Crippen LogP contribution in [0.2, 0.25) is 5.02 Å².